The molecule has 2 aromatic rings. The SMILES string of the molecule is C=[N+](C)C(CC)=C(C=CC)Nc1cc2nc3ccccc3n(-c3ccc(F)cc3)c-2cc1=NC1CCC(OC)CC1. The van der Waals surface area contributed by atoms with Crippen molar-refractivity contribution < 1.29 is 13.7 Å². The van der Waals surface area contributed by atoms with Crippen molar-refractivity contribution in [1.29, 1.82) is 0 Å². The third-order valence-corrected chi connectivity index (χ3v) is 7.79. The fraction of sp³-hybridized carbons (Fsp3) is 0.324. The first-order valence-corrected chi connectivity index (χ1v) is 14.4. The minimum absolute atomic E-state index is 0.197. The molecule has 0 aromatic heterocycles. The summed E-state index contributed by atoms with van der Waals surface area (Å²) in [5.41, 5.74) is 7.34. The summed E-state index contributed by atoms with van der Waals surface area (Å²) in [5.74, 6) is -0.267. The van der Waals surface area contributed by atoms with Crippen molar-refractivity contribution in [3.63, 3.8) is 0 Å². The molecular formula is C34H39FN5O+. The number of para-hydroxylation sites is 2. The van der Waals surface area contributed by atoms with Crippen molar-refractivity contribution >= 4 is 23.4 Å². The molecule has 0 bridgehead atoms. The molecule has 2 aromatic carbocycles. The Labute approximate surface area is 241 Å². The molecule has 0 unspecified atom stereocenters. The lowest BCUT2D eigenvalue weighted by molar-refractivity contribution is -0.437. The molecule has 0 spiro atoms. The highest BCUT2D eigenvalue weighted by atomic mass is 19.1. The van der Waals surface area contributed by atoms with Crippen molar-refractivity contribution in [2.24, 2.45) is 4.99 Å². The van der Waals surface area contributed by atoms with Crippen LogP contribution in [0.1, 0.15) is 46.0 Å². The fourth-order valence-electron chi connectivity index (χ4n) is 5.71. The zero-order chi connectivity index (χ0) is 28.9. The van der Waals surface area contributed by atoms with Gasteiger partial charge in [0.05, 0.1) is 45.6 Å². The van der Waals surface area contributed by atoms with Crippen molar-refractivity contribution in [2.75, 3.05) is 19.5 Å². The highest BCUT2D eigenvalue weighted by Gasteiger charge is 2.22. The Morgan fingerprint density at radius 1 is 1.15 bits per heavy atom. The van der Waals surface area contributed by atoms with Crippen LogP contribution >= 0.6 is 0 Å². The summed E-state index contributed by atoms with van der Waals surface area (Å²) in [6.45, 7) is 8.28. The van der Waals surface area contributed by atoms with Gasteiger partial charge >= 0.3 is 0 Å². The number of hydrogen-bond acceptors (Lipinski definition) is 4. The molecule has 0 radical (unpaired) electrons. The van der Waals surface area contributed by atoms with Crippen molar-refractivity contribution in [1.82, 2.24) is 9.55 Å². The smallest absolute Gasteiger partial charge is 0.203 e. The molecule has 1 fully saturated rings. The Morgan fingerprint density at radius 3 is 2.54 bits per heavy atom. The Kier molecular flexibility index (Phi) is 8.74. The molecule has 212 valence electrons. The second-order valence-electron chi connectivity index (χ2n) is 10.6. The Bertz CT molecular complexity index is 1640. The largest absolute Gasteiger partial charge is 0.381 e. The van der Waals surface area contributed by atoms with Crippen LogP contribution in [-0.2, 0) is 4.74 Å². The molecule has 0 saturated heterocycles. The van der Waals surface area contributed by atoms with Crippen LogP contribution in [0.25, 0.3) is 28.1 Å². The number of halogens is 1. The van der Waals surface area contributed by atoms with Crippen LogP contribution in [0.5, 0.6) is 0 Å². The molecule has 1 heterocycles. The number of nitrogens with zero attached hydrogens (tertiary/aromatic N) is 4. The van der Waals surface area contributed by atoms with Crippen molar-refractivity contribution in [2.45, 2.75) is 58.1 Å². The van der Waals surface area contributed by atoms with Gasteiger partial charge in [-0.1, -0.05) is 25.1 Å². The minimum Gasteiger partial charge on any atom is -0.381 e. The van der Waals surface area contributed by atoms with Crippen molar-refractivity contribution in [3.05, 3.63) is 95.4 Å². The molecule has 1 N–H and O–H groups in total. The van der Waals surface area contributed by atoms with E-state index in [1.54, 1.807) is 19.2 Å². The van der Waals surface area contributed by atoms with Gasteiger partial charge in [-0.2, -0.15) is 0 Å². The molecule has 5 rings (SSSR count). The standard InChI is InChI=1S/C34H39FN5O/c1-6-10-27(32(7-2)39(3)4)37-29-21-31-34(22-30(29)36-24-15-19-26(41-5)20-16-24)40(25-17-13-23(35)14-18-25)33-12-9-8-11-28(33)38-31/h6,8-14,17-18,21-22,24,26,37H,3,7,15-16,19-20H2,1-2,4-5H3/q+1. The van der Waals surface area contributed by atoms with Gasteiger partial charge in [0.1, 0.15) is 25.3 Å². The third-order valence-electron chi connectivity index (χ3n) is 7.79. The Balaban J connectivity index is 1.78. The first kappa shape index (κ1) is 28.4. The molecule has 0 atom stereocenters. The number of methoxy groups -OCH3 is 1. The lowest BCUT2D eigenvalue weighted by Crippen LogP contribution is -2.25. The van der Waals surface area contributed by atoms with Crippen LogP contribution in [0.2, 0.25) is 0 Å². The average Bonchev–Trinajstić information content (AvgIpc) is 2.97. The summed E-state index contributed by atoms with van der Waals surface area (Å²) in [4.78, 5) is 10.4. The minimum atomic E-state index is -0.267. The average molecular weight is 553 g/mol. The molecule has 7 heteroatoms. The maximum Gasteiger partial charge on any atom is 0.203 e. The monoisotopic (exact) mass is 552 g/mol. The predicted molar refractivity (Wildman–Crippen MR) is 165 cm³/mol. The van der Waals surface area contributed by atoms with E-state index in [-0.39, 0.29) is 11.9 Å². The molecule has 6 nitrogen and oxygen atoms in total. The summed E-state index contributed by atoms with van der Waals surface area (Å²) >= 11 is 0. The van der Waals surface area contributed by atoms with Gasteiger partial charge in [-0.05, 0) is 87.2 Å². The van der Waals surface area contributed by atoms with Crippen LogP contribution in [-0.4, -0.2) is 47.1 Å². The van der Waals surface area contributed by atoms with E-state index in [2.05, 4.69) is 41.7 Å². The van der Waals surface area contributed by atoms with Gasteiger partial charge in [-0.15, -0.1) is 0 Å². The fourth-order valence-corrected chi connectivity index (χ4v) is 5.71. The number of allylic oxidation sites excluding steroid dienone is 3. The number of nitrogens with one attached hydrogen (secondary N) is 1. The number of ether oxygens (including phenoxy) is 1. The predicted octanol–water partition coefficient (Wildman–Crippen LogP) is 7.08. The number of fused-ring (bicyclic) bond motifs is 2. The van der Waals surface area contributed by atoms with Gasteiger partial charge in [-0.25, -0.2) is 13.9 Å². The molecule has 2 aliphatic carbocycles. The number of benzene rings is 3. The quantitative estimate of drug-likeness (QED) is 0.110. The number of anilines is 1. The summed E-state index contributed by atoms with van der Waals surface area (Å²) in [6, 6.07) is 19.0. The van der Waals surface area contributed by atoms with E-state index < -0.39 is 0 Å². The first-order valence-electron chi connectivity index (χ1n) is 14.4. The summed E-state index contributed by atoms with van der Waals surface area (Å²) < 4.78 is 23.6. The lowest BCUT2D eigenvalue weighted by Gasteiger charge is -2.25. The van der Waals surface area contributed by atoms with Crippen LogP contribution in [0.3, 0.4) is 0 Å². The second-order valence-corrected chi connectivity index (χ2v) is 10.6. The highest BCUT2D eigenvalue weighted by molar-refractivity contribution is 5.84. The third kappa shape index (κ3) is 6.15. The van der Waals surface area contributed by atoms with Gasteiger partial charge in [0.25, 0.3) is 0 Å². The highest BCUT2D eigenvalue weighted by Crippen LogP contribution is 2.31. The zero-order valence-corrected chi connectivity index (χ0v) is 24.4. The summed E-state index contributed by atoms with van der Waals surface area (Å²) in [5, 5.41) is 4.56. The van der Waals surface area contributed by atoms with Gasteiger partial charge < -0.3 is 14.6 Å². The van der Waals surface area contributed by atoms with Gasteiger partial charge in [-0.3, -0.25) is 4.99 Å². The van der Waals surface area contributed by atoms with Crippen LogP contribution in [0, 0.1) is 5.82 Å². The van der Waals surface area contributed by atoms with Crippen LogP contribution in [0.15, 0.2) is 89.2 Å². The summed E-state index contributed by atoms with van der Waals surface area (Å²) in [7, 11) is 3.75. The number of rotatable bonds is 8. The maximum atomic E-state index is 13.9. The van der Waals surface area contributed by atoms with Gasteiger partial charge in [0, 0.05) is 19.2 Å². The number of aromatic nitrogens is 2. The zero-order valence-electron chi connectivity index (χ0n) is 24.4. The van der Waals surface area contributed by atoms with Crippen LogP contribution < -0.4 is 10.7 Å². The second kappa shape index (κ2) is 12.6. The van der Waals surface area contributed by atoms with E-state index in [0.717, 1.165) is 82.7 Å². The maximum absolute atomic E-state index is 13.9. The molecule has 41 heavy (non-hydrogen) atoms. The topological polar surface area (TPSA) is 54.5 Å². The molecule has 0 amide bonds. The number of hydrogen-bond donors (Lipinski definition) is 1. The van der Waals surface area contributed by atoms with E-state index in [9.17, 15) is 4.39 Å². The summed E-state index contributed by atoms with van der Waals surface area (Å²) in [6.07, 6.45) is 9.17. The Hall–Kier alpha value is -4.10. The molecular weight excluding hydrogens is 513 g/mol. The van der Waals surface area contributed by atoms with Gasteiger partial charge in [0.15, 0.2) is 0 Å². The first-order chi connectivity index (χ1) is 19.9. The molecule has 1 saturated carbocycles. The van der Waals surface area contributed by atoms with Crippen molar-refractivity contribution in [3.8, 4) is 17.1 Å². The Morgan fingerprint density at radius 2 is 1.88 bits per heavy atom. The van der Waals surface area contributed by atoms with E-state index in [4.69, 9.17) is 14.7 Å². The lowest BCUT2D eigenvalue weighted by atomic mass is 9.93. The molecule has 3 aliphatic rings. The van der Waals surface area contributed by atoms with E-state index in [1.165, 1.54) is 12.1 Å². The van der Waals surface area contributed by atoms with E-state index >= 15 is 0 Å². The van der Waals surface area contributed by atoms with Crippen LogP contribution in [0.4, 0.5) is 10.1 Å². The van der Waals surface area contributed by atoms with Gasteiger partial charge in [0.2, 0.25) is 5.70 Å². The van der Waals surface area contributed by atoms with E-state index in [0.29, 0.717) is 6.10 Å². The molecule has 1 aliphatic heterocycles. The normalized spacial score (nSPS) is 18.7. The van der Waals surface area contributed by atoms with E-state index in [1.807, 2.05) is 48.9 Å².